The van der Waals surface area contributed by atoms with E-state index in [-0.39, 0.29) is 11.3 Å². The van der Waals surface area contributed by atoms with Crippen LogP contribution >= 0.6 is 0 Å². The maximum absolute atomic E-state index is 13.2. The van der Waals surface area contributed by atoms with E-state index in [1.807, 2.05) is 31.3 Å². The molecule has 25 heavy (non-hydrogen) atoms. The van der Waals surface area contributed by atoms with Crippen molar-refractivity contribution in [3.8, 4) is 0 Å². The van der Waals surface area contributed by atoms with E-state index in [1.54, 1.807) is 0 Å². The Morgan fingerprint density at radius 1 is 1.28 bits per heavy atom. The van der Waals surface area contributed by atoms with Crippen molar-refractivity contribution >= 4 is 5.91 Å². The topological polar surface area (TPSA) is 46.1 Å². The van der Waals surface area contributed by atoms with Crippen LogP contribution in [0.1, 0.15) is 59.2 Å². The summed E-state index contributed by atoms with van der Waals surface area (Å²) in [6, 6.07) is 8.01. The summed E-state index contributed by atoms with van der Waals surface area (Å²) in [6.45, 7) is 5.69. The highest BCUT2D eigenvalue weighted by Gasteiger charge is 2.44. The molecule has 0 saturated carbocycles. The second-order valence-electron chi connectivity index (χ2n) is 7.41. The third-order valence-electron chi connectivity index (χ3n) is 5.85. The summed E-state index contributed by atoms with van der Waals surface area (Å²) in [4.78, 5) is 24.4. The van der Waals surface area contributed by atoms with Gasteiger partial charge < -0.3 is 4.90 Å². The first kappa shape index (κ1) is 16.2. The molecule has 2 aromatic rings. The van der Waals surface area contributed by atoms with Crippen LogP contribution in [0.5, 0.6) is 0 Å². The van der Waals surface area contributed by atoms with Gasteiger partial charge in [-0.1, -0.05) is 25.1 Å². The van der Waals surface area contributed by atoms with E-state index in [0.717, 1.165) is 62.1 Å². The van der Waals surface area contributed by atoms with Crippen molar-refractivity contribution in [2.45, 2.75) is 51.4 Å². The number of carbonyl (C=O) groups is 1. The lowest BCUT2D eigenvalue weighted by Crippen LogP contribution is -2.48. The molecule has 1 fully saturated rings. The van der Waals surface area contributed by atoms with Crippen molar-refractivity contribution < 1.29 is 4.79 Å². The number of nitrogens with zero attached hydrogens (tertiary/aromatic N) is 3. The average molecular weight is 335 g/mol. The van der Waals surface area contributed by atoms with E-state index in [4.69, 9.17) is 4.98 Å². The van der Waals surface area contributed by atoms with Gasteiger partial charge in [0.2, 0.25) is 0 Å². The number of fused-ring (bicyclic) bond motifs is 2. The minimum absolute atomic E-state index is 0.0259. The van der Waals surface area contributed by atoms with E-state index >= 15 is 0 Å². The van der Waals surface area contributed by atoms with Crippen molar-refractivity contribution in [1.82, 2.24) is 14.9 Å². The minimum Gasteiger partial charge on any atom is -0.338 e. The normalized spacial score (nSPS) is 22.2. The van der Waals surface area contributed by atoms with E-state index in [1.165, 1.54) is 11.3 Å². The van der Waals surface area contributed by atoms with E-state index < -0.39 is 0 Å². The van der Waals surface area contributed by atoms with E-state index in [0.29, 0.717) is 0 Å². The van der Waals surface area contributed by atoms with Crippen LogP contribution in [-0.2, 0) is 18.3 Å². The molecule has 1 saturated heterocycles. The third kappa shape index (κ3) is 2.74. The van der Waals surface area contributed by atoms with Gasteiger partial charge >= 0.3 is 0 Å². The first-order valence-corrected chi connectivity index (χ1v) is 9.33. The summed E-state index contributed by atoms with van der Waals surface area (Å²) in [7, 11) is 0. The van der Waals surface area contributed by atoms with Gasteiger partial charge in [0.25, 0.3) is 5.91 Å². The highest BCUT2D eigenvalue weighted by molar-refractivity contribution is 5.95. The fraction of sp³-hybridized carbons (Fsp3) is 0.476. The van der Waals surface area contributed by atoms with Crippen LogP contribution < -0.4 is 0 Å². The summed E-state index contributed by atoms with van der Waals surface area (Å²) in [5.41, 5.74) is 4.49. The molecule has 1 aromatic heterocycles. The molecule has 1 unspecified atom stereocenters. The molecule has 4 nitrogen and oxygen atoms in total. The maximum Gasteiger partial charge on any atom is 0.254 e. The molecule has 1 aliphatic carbocycles. The fourth-order valence-electron chi connectivity index (χ4n) is 4.54. The summed E-state index contributed by atoms with van der Waals surface area (Å²) in [5.74, 6) is 1.01. The second-order valence-corrected chi connectivity index (χ2v) is 7.41. The number of aryl methyl sites for hydroxylation is 3. The monoisotopic (exact) mass is 335 g/mol. The number of rotatable bonds is 2. The van der Waals surface area contributed by atoms with Crippen LogP contribution in [0.15, 0.2) is 30.5 Å². The highest BCUT2D eigenvalue weighted by atomic mass is 16.2. The largest absolute Gasteiger partial charge is 0.338 e. The van der Waals surface area contributed by atoms with Gasteiger partial charge in [-0.25, -0.2) is 9.97 Å². The van der Waals surface area contributed by atoms with E-state index in [9.17, 15) is 4.79 Å². The van der Waals surface area contributed by atoms with Crippen molar-refractivity contribution in [3.63, 3.8) is 0 Å². The molecule has 0 bridgehead atoms. The van der Waals surface area contributed by atoms with Gasteiger partial charge in [0.15, 0.2) is 0 Å². The third-order valence-corrected chi connectivity index (χ3v) is 5.85. The molecule has 1 atom stereocenters. The number of hydrogen-bond acceptors (Lipinski definition) is 3. The number of likely N-dealkylation sites (tertiary alicyclic amines) is 1. The Bertz CT molecular complexity index is 813. The van der Waals surface area contributed by atoms with Gasteiger partial charge in [-0.2, -0.15) is 0 Å². The number of piperidine rings is 1. The van der Waals surface area contributed by atoms with Crippen molar-refractivity contribution in [1.29, 1.82) is 0 Å². The molecule has 1 spiro atoms. The predicted molar refractivity (Wildman–Crippen MR) is 97.7 cm³/mol. The van der Waals surface area contributed by atoms with Crippen LogP contribution in [-0.4, -0.2) is 33.9 Å². The molecule has 4 rings (SSSR count). The average Bonchev–Trinajstić information content (AvgIpc) is 2.98. The van der Waals surface area contributed by atoms with Gasteiger partial charge in [0.1, 0.15) is 5.82 Å². The zero-order chi connectivity index (χ0) is 17.4. The first-order valence-electron chi connectivity index (χ1n) is 9.33. The number of aromatic nitrogens is 2. The lowest BCUT2D eigenvalue weighted by molar-refractivity contribution is 0.0632. The molecule has 1 aliphatic heterocycles. The Morgan fingerprint density at radius 2 is 2.12 bits per heavy atom. The Morgan fingerprint density at radius 3 is 2.96 bits per heavy atom. The smallest absolute Gasteiger partial charge is 0.254 e. The van der Waals surface area contributed by atoms with Gasteiger partial charge in [-0.05, 0) is 56.2 Å². The van der Waals surface area contributed by atoms with Crippen LogP contribution in [0, 0.1) is 6.92 Å². The molecular formula is C21H25N3O. The van der Waals surface area contributed by atoms with Gasteiger partial charge in [-0.3, -0.25) is 4.79 Å². The number of amides is 1. The fourth-order valence-corrected chi connectivity index (χ4v) is 4.54. The molecule has 2 heterocycles. The highest BCUT2D eigenvalue weighted by Crippen LogP contribution is 2.44. The van der Waals surface area contributed by atoms with E-state index in [2.05, 4.69) is 22.9 Å². The van der Waals surface area contributed by atoms with Gasteiger partial charge in [-0.15, -0.1) is 0 Å². The Hall–Kier alpha value is -2.23. The Balaban J connectivity index is 1.65. The Labute approximate surface area is 149 Å². The number of hydrogen-bond donors (Lipinski definition) is 0. The zero-order valence-electron chi connectivity index (χ0n) is 15.1. The first-order chi connectivity index (χ1) is 12.1. The van der Waals surface area contributed by atoms with Crippen LogP contribution in [0.3, 0.4) is 0 Å². The number of carbonyl (C=O) groups excluding carboxylic acids is 1. The van der Waals surface area contributed by atoms with Crippen molar-refractivity contribution in [3.05, 3.63) is 58.7 Å². The standard InChI is InChI=1S/C21H25N3O/c1-3-16-7-4-5-8-18(16)20(25)24-12-6-10-21(14-24)11-9-17-13-22-15(2)23-19(17)21/h4-5,7-8,13H,3,6,9-12,14H2,1-2H3. The summed E-state index contributed by atoms with van der Waals surface area (Å²) in [6.07, 6.45) is 7.15. The predicted octanol–water partition coefficient (Wildman–Crippen LogP) is 3.47. The molecule has 0 N–H and O–H groups in total. The SMILES string of the molecule is CCc1ccccc1C(=O)N1CCCC2(CCc3cnc(C)nc32)C1. The van der Waals surface area contributed by atoms with Crippen LogP contribution in [0.2, 0.25) is 0 Å². The lowest BCUT2D eigenvalue weighted by Gasteiger charge is -2.40. The molecule has 0 radical (unpaired) electrons. The van der Waals surface area contributed by atoms with Crippen molar-refractivity contribution in [2.24, 2.45) is 0 Å². The summed E-state index contributed by atoms with van der Waals surface area (Å²) in [5, 5.41) is 0. The minimum atomic E-state index is 0.0259. The molecule has 1 amide bonds. The summed E-state index contributed by atoms with van der Waals surface area (Å²) >= 11 is 0. The maximum atomic E-state index is 13.2. The zero-order valence-corrected chi connectivity index (χ0v) is 15.1. The second kappa shape index (κ2) is 6.25. The van der Waals surface area contributed by atoms with Crippen LogP contribution in [0.4, 0.5) is 0 Å². The molecule has 1 aromatic carbocycles. The molecule has 2 aliphatic rings. The lowest BCUT2D eigenvalue weighted by atomic mass is 9.77. The van der Waals surface area contributed by atoms with Gasteiger partial charge in [0, 0.05) is 30.3 Å². The molecule has 4 heteroatoms. The molecule has 130 valence electrons. The Kier molecular flexibility index (Phi) is 4.06. The molecular weight excluding hydrogens is 310 g/mol. The summed E-state index contributed by atoms with van der Waals surface area (Å²) < 4.78 is 0. The quantitative estimate of drug-likeness (QED) is 0.844. The van der Waals surface area contributed by atoms with Gasteiger partial charge in [0.05, 0.1) is 5.69 Å². The van der Waals surface area contributed by atoms with Crippen LogP contribution in [0.25, 0.3) is 0 Å². The van der Waals surface area contributed by atoms with Crippen molar-refractivity contribution in [2.75, 3.05) is 13.1 Å². The number of benzene rings is 1.